The molecule has 0 aromatic carbocycles. The van der Waals surface area contributed by atoms with Crippen molar-refractivity contribution in [2.45, 2.75) is 6.43 Å². The molecule has 0 spiro atoms. The monoisotopic (exact) mass is 335 g/mol. The summed E-state index contributed by atoms with van der Waals surface area (Å²) >= 11 is 0. The highest BCUT2D eigenvalue weighted by atomic mass is 19.3. The molecule has 128 valence electrons. The summed E-state index contributed by atoms with van der Waals surface area (Å²) in [5.74, 6) is 1.68. The van der Waals surface area contributed by atoms with Crippen LogP contribution in [0.1, 0.15) is 12.1 Å². The van der Waals surface area contributed by atoms with E-state index >= 15 is 0 Å². The molecule has 4 heterocycles. The van der Waals surface area contributed by atoms with Crippen LogP contribution in [0.2, 0.25) is 0 Å². The molecule has 9 heteroatoms. The third-order valence-electron chi connectivity index (χ3n) is 4.30. The van der Waals surface area contributed by atoms with E-state index in [1.807, 2.05) is 18.4 Å². The molecule has 1 N–H and O–H groups in total. The number of aryl methyl sites for hydroxylation is 1. The highest BCUT2D eigenvalue weighted by Crippen LogP contribution is 2.34. The van der Waals surface area contributed by atoms with Gasteiger partial charge in [-0.2, -0.15) is 5.10 Å². The zero-order chi connectivity index (χ0) is 16.7. The Morgan fingerprint density at radius 3 is 2.79 bits per heavy atom. The summed E-state index contributed by atoms with van der Waals surface area (Å²) in [6, 6.07) is 0. The van der Waals surface area contributed by atoms with Crippen molar-refractivity contribution in [2.75, 3.05) is 37.7 Å². The minimum absolute atomic E-state index is 0.211. The molecule has 4 rings (SSSR count). The fourth-order valence-electron chi connectivity index (χ4n) is 3.15. The number of aromatic nitrogens is 2. The van der Waals surface area contributed by atoms with Crippen LogP contribution in [0.15, 0.2) is 35.4 Å². The SMILES string of the molecule is Cn1cc(N2CC=C3N=C(N4CCNCC4)C=CN32)c(C(F)F)n1. The van der Waals surface area contributed by atoms with E-state index in [4.69, 9.17) is 0 Å². The summed E-state index contributed by atoms with van der Waals surface area (Å²) in [5.41, 5.74) is 0.196. The van der Waals surface area contributed by atoms with Gasteiger partial charge in [-0.15, -0.1) is 0 Å². The summed E-state index contributed by atoms with van der Waals surface area (Å²) in [6.45, 7) is 4.20. The van der Waals surface area contributed by atoms with Crippen LogP contribution in [0, 0.1) is 0 Å². The molecule has 0 saturated carbocycles. The Hall–Kier alpha value is -2.42. The van der Waals surface area contributed by atoms with Crippen molar-refractivity contribution in [3.63, 3.8) is 0 Å². The normalized spacial score (nSPS) is 20.6. The van der Waals surface area contributed by atoms with E-state index < -0.39 is 6.43 Å². The van der Waals surface area contributed by atoms with Crippen molar-refractivity contribution < 1.29 is 8.78 Å². The average molecular weight is 335 g/mol. The predicted molar refractivity (Wildman–Crippen MR) is 86.5 cm³/mol. The maximum atomic E-state index is 13.2. The largest absolute Gasteiger partial charge is 0.354 e. The first-order valence-electron chi connectivity index (χ1n) is 7.94. The second kappa shape index (κ2) is 5.90. The number of rotatable bonds is 2. The molecule has 7 nitrogen and oxygen atoms in total. The minimum Gasteiger partial charge on any atom is -0.354 e. The van der Waals surface area contributed by atoms with Crippen LogP contribution >= 0.6 is 0 Å². The second-order valence-electron chi connectivity index (χ2n) is 5.89. The lowest BCUT2D eigenvalue weighted by Crippen LogP contribution is -2.47. The molecular formula is C15H19F2N7. The maximum Gasteiger partial charge on any atom is 0.284 e. The topological polar surface area (TPSA) is 51.9 Å². The molecule has 1 aromatic heterocycles. The number of amidine groups is 1. The smallest absolute Gasteiger partial charge is 0.284 e. The second-order valence-corrected chi connectivity index (χ2v) is 5.89. The van der Waals surface area contributed by atoms with Gasteiger partial charge in [0.25, 0.3) is 6.43 Å². The number of hydrogen-bond acceptors (Lipinski definition) is 6. The molecular weight excluding hydrogens is 316 g/mol. The van der Waals surface area contributed by atoms with Crippen LogP contribution in [0.3, 0.4) is 0 Å². The number of fused-ring (bicyclic) bond motifs is 1. The number of halogens is 2. The Morgan fingerprint density at radius 1 is 1.25 bits per heavy atom. The number of nitrogens with zero attached hydrogens (tertiary/aromatic N) is 6. The molecule has 0 bridgehead atoms. The standard InChI is InChI=1S/C15H19F2N7/c1-21-10-11(14(20-21)15(16)17)23-6-3-13-19-12(2-7-24(13)23)22-8-4-18-5-9-22/h2-3,7,10,15,18H,4-6,8-9H2,1H3. The van der Waals surface area contributed by atoms with Crippen molar-refractivity contribution in [3.05, 3.63) is 36.1 Å². The first-order chi connectivity index (χ1) is 11.6. The van der Waals surface area contributed by atoms with Crippen molar-refractivity contribution >= 4 is 11.5 Å². The molecule has 24 heavy (non-hydrogen) atoms. The molecule has 3 aliphatic rings. The van der Waals surface area contributed by atoms with Gasteiger partial charge in [0.1, 0.15) is 11.5 Å². The van der Waals surface area contributed by atoms with Gasteiger partial charge in [-0.3, -0.25) is 9.69 Å². The Bertz CT molecular complexity index is 715. The molecule has 0 amide bonds. The number of alkyl halides is 2. The van der Waals surface area contributed by atoms with Crippen LogP contribution in [0.5, 0.6) is 0 Å². The molecule has 3 aliphatic heterocycles. The molecule has 0 radical (unpaired) electrons. The van der Waals surface area contributed by atoms with Crippen molar-refractivity contribution in [1.29, 1.82) is 0 Å². The van der Waals surface area contributed by atoms with Gasteiger partial charge in [-0.05, 0) is 12.2 Å². The average Bonchev–Trinajstić information content (AvgIpc) is 3.18. The first kappa shape index (κ1) is 15.1. The van der Waals surface area contributed by atoms with Gasteiger partial charge < -0.3 is 10.2 Å². The quantitative estimate of drug-likeness (QED) is 0.876. The third-order valence-corrected chi connectivity index (χ3v) is 4.30. The zero-order valence-electron chi connectivity index (χ0n) is 13.4. The lowest BCUT2D eigenvalue weighted by molar-refractivity contribution is 0.145. The van der Waals surface area contributed by atoms with Gasteiger partial charge in [0.2, 0.25) is 0 Å². The molecule has 1 aromatic rings. The Balaban J connectivity index is 1.57. The number of anilines is 1. The highest BCUT2D eigenvalue weighted by Gasteiger charge is 2.31. The van der Waals surface area contributed by atoms with Crippen molar-refractivity contribution in [1.82, 2.24) is 25.0 Å². The Morgan fingerprint density at radius 2 is 2.04 bits per heavy atom. The van der Waals surface area contributed by atoms with Gasteiger partial charge in [-0.25, -0.2) is 18.8 Å². The molecule has 0 atom stereocenters. The van der Waals surface area contributed by atoms with Crippen LogP contribution in [-0.4, -0.2) is 58.2 Å². The van der Waals surface area contributed by atoms with E-state index in [2.05, 4.69) is 20.3 Å². The van der Waals surface area contributed by atoms with Crippen LogP contribution in [-0.2, 0) is 7.05 Å². The summed E-state index contributed by atoms with van der Waals surface area (Å²) in [4.78, 5) is 6.91. The predicted octanol–water partition coefficient (Wildman–Crippen LogP) is 1.07. The van der Waals surface area contributed by atoms with E-state index in [1.165, 1.54) is 4.68 Å². The minimum atomic E-state index is -2.61. The number of nitrogens with one attached hydrogen (secondary N) is 1. The van der Waals surface area contributed by atoms with E-state index in [9.17, 15) is 8.78 Å². The van der Waals surface area contributed by atoms with E-state index in [-0.39, 0.29) is 5.69 Å². The van der Waals surface area contributed by atoms with Crippen LogP contribution in [0.25, 0.3) is 0 Å². The van der Waals surface area contributed by atoms with Crippen molar-refractivity contribution in [3.8, 4) is 0 Å². The van der Waals surface area contributed by atoms with Gasteiger partial charge in [-0.1, -0.05) is 0 Å². The van der Waals surface area contributed by atoms with Gasteiger partial charge in [0.05, 0.1) is 12.7 Å². The van der Waals surface area contributed by atoms with Gasteiger partial charge >= 0.3 is 0 Å². The number of piperazine rings is 1. The zero-order valence-corrected chi connectivity index (χ0v) is 13.4. The third kappa shape index (κ3) is 2.54. The fraction of sp³-hybridized carbons (Fsp3) is 0.467. The molecule has 1 saturated heterocycles. The van der Waals surface area contributed by atoms with Crippen LogP contribution < -0.4 is 10.3 Å². The molecule has 0 aliphatic carbocycles. The first-order valence-corrected chi connectivity index (χ1v) is 7.94. The Kier molecular flexibility index (Phi) is 3.72. The highest BCUT2D eigenvalue weighted by molar-refractivity contribution is 5.94. The van der Waals surface area contributed by atoms with Gasteiger partial charge in [0.15, 0.2) is 11.5 Å². The van der Waals surface area contributed by atoms with E-state index in [0.29, 0.717) is 12.2 Å². The summed E-state index contributed by atoms with van der Waals surface area (Å²) in [7, 11) is 1.65. The van der Waals surface area contributed by atoms with Crippen molar-refractivity contribution in [2.24, 2.45) is 12.0 Å². The van der Waals surface area contributed by atoms with Crippen LogP contribution in [0.4, 0.5) is 14.5 Å². The lowest BCUT2D eigenvalue weighted by atomic mass is 10.3. The molecule has 1 fully saturated rings. The Labute approximate surface area is 138 Å². The fourth-order valence-corrected chi connectivity index (χ4v) is 3.15. The summed E-state index contributed by atoms with van der Waals surface area (Å²) in [5, 5.41) is 10.8. The van der Waals surface area contributed by atoms with E-state index in [0.717, 1.165) is 37.8 Å². The summed E-state index contributed by atoms with van der Waals surface area (Å²) in [6.07, 6.45) is 4.75. The van der Waals surface area contributed by atoms with E-state index in [1.54, 1.807) is 23.3 Å². The van der Waals surface area contributed by atoms with Gasteiger partial charge in [0, 0.05) is 39.4 Å². The maximum absolute atomic E-state index is 13.2. The molecule has 0 unspecified atom stereocenters. The summed E-state index contributed by atoms with van der Waals surface area (Å²) < 4.78 is 27.9. The number of hydrogen-bond donors (Lipinski definition) is 1. The lowest BCUT2D eigenvalue weighted by Gasteiger charge is -2.34. The number of aliphatic imine (C=N–C) groups is 1. The number of hydrazine groups is 1.